The Kier molecular flexibility index (Phi) is 13.3. The third kappa shape index (κ3) is 11.8. The molecule has 4 rings (SSSR count). The molecule has 0 atom stereocenters. The molecule has 2 aliphatic carbocycles. The molecule has 0 spiro atoms. The quantitative estimate of drug-likeness (QED) is 0.105. The number of nitrogens with zero attached hydrogens (tertiary/aromatic N) is 1. The predicted molar refractivity (Wildman–Crippen MR) is 190 cm³/mol. The van der Waals surface area contributed by atoms with Crippen LogP contribution in [0.1, 0.15) is 106 Å². The van der Waals surface area contributed by atoms with E-state index in [4.69, 9.17) is 5.73 Å². The van der Waals surface area contributed by atoms with Crippen LogP contribution in [0.4, 0.5) is 34.1 Å². The molecule has 254 valence electrons. The molecule has 0 radical (unpaired) electrons. The van der Waals surface area contributed by atoms with Gasteiger partial charge in [-0.3, -0.25) is 19.7 Å². The fraction of sp³-hybridized carbons (Fsp3) is 0.611. The zero-order valence-electron chi connectivity index (χ0n) is 28.8. The molecule has 2 aromatic rings. The van der Waals surface area contributed by atoms with Gasteiger partial charge in [0, 0.05) is 41.4 Å². The van der Waals surface area contributed by atoms with Crippen LogP contribution < -0.4 is 27.0 Å². The Morgan fingerprint density at radius 3 is 1.54 bits per heavy atom. The molecule has 10 nitrogen and oxygen atoms in total. The number of nitrogen functional groups attached to an aromatic ring is 1. The first-order valence-electron chi connectivity index (χ1n) is 16.9. The van der Waals surface area contributed by atoms with E-state index in [1.165, 1.54) is 70.3 Å². The molecule has 0 unspecified atom stereocenters. The van der Waals surface area contributed by atoms with Crippen LogP contribution in [0.15, 0.2) is 36.4 Å². The molecular weight excluding hydrogens is 580 g/mol. The Morgan fingerprint density at radius 1 is 0.717 bits per heavy atom. The first kappa shape index (κ1) is 36.6. The molecule has 46 heavy (non-hydrogen) atoms. The fourth-order valence-electron chi connectivity index (χ4n) is 5.64. The van der Waals surface area contributed by atoms with Gasteiger partial charge in [0.25, 0.3) is 5.69 Å². The topological polar surface area (TPSA) is 151 Å². The van der Waals surface area contributed by atoms with Gasteiger partial charge in [-0.05, 0) is 67.9 Å². The normalized spacial score (nSPS) is 16.0. The summed E-state index contributed by atoms with van der Waals surface area (Å²) in [6, 6.07) is 10.5. The van der Waals surface area contributed by atoms with Crippen LogP contribution in [-0.2, 0) is 9.59 Å². The van der Waals surface area contributed by atoms with Crippen molar-refractivity contribution in [2.24, 2.45) is 22.7 Å². The standard InChI is InChI=1S/C18H27N3O3.C18H29N3O/c1-18(2,3)17(22)20-14-9-10-15(16(11-14)21(23)24)19-12-13-7-5-4-6-8-13;1-18(2,3)17(22)21-14-9-10-16(15(19)11-14)20-12-13-7-5-4-6-8-13/h9-11,13,19H,4-8,12H2,1-3H3,(H,20,22);9-11,13,20H,4-8,12,19H2,1-3H3,(H,21,22). The maximum Gasteiger partial charge on any atom is 0.294 e. The molecule has 0 aliphatic heterocycles. The van der Waals surface area contributed by atoms with Crippen LogP contribution in [0.5, 0.6) is 0 Å². The van der Waals surface area contributed by atoms with Gasteiger partial charge in [-0.2, -0.15) is 0 Å². The second-order valence-electron chi connectivity index (χ2n) is 15.0. The van der Waals surface area contributed by atoms with Crippen LogP contribution in [0, 0.1) is 32.8 Å². The van der Waals surface area contributed by atoms with Crippen molar-refractivity contribution in [3.8, 4) is 0 Å². The number of nitrogens with one attached hydrogen (secondary N) is 4. The number of anilines is 5. The van der Waals surface area contributed by atoms with Gasteiger partial charge in [0.05, 0.1) is 16.3 Å². The molecule has 2 aliphatic rings. The number of nitro benzene ring substituents is 1. The Balaban J connectivity index is 0.000000251. The first-order chi connectivity index (χ1) is 21.6. The number of nitro groups is 1. The lowest BCUT2D eigenvalue weighted by molar-refractivity contribution is -0.383. The largest absolute Gasteiger partial charge is 0.397 e. The SMILES string of the molecule is CC(C)(C)C(=O)Nc1ccc(NCC2CCCCC2)c(N)c1.CC(C)(C)C(=O)Nc1ccc(NCC2CCCCC2)c([N+](=O)[O-])c1. The maximum atomic E-state index is 12.0. The lowest BCUT2D eigenvalue weighted by atomic mass is 9.89. The van der Waals surface area contributed by atoms with E-state index in [-0.39, 0.29) is 17.5 Å². The minimum absolute atomic E-state index is 0.00230. The number of rotatable bonds is 9. The maximum absolute atomic E-state index is 12.0. The van der Waals surface area contributed by atoms with Crippen molar-refractivity contribution in [3.63, 3.8) is 0 Å². The van der Waals surface area contributed by atoms with Gasteiger partial charge < -0.3 is 27.0 Å². The average Bonchev–Trinajstić information content (AvgIpc) is 3.00. The molecule has 6 N–H and O–H groups in total. The van der Waals surface area contributed by atoms with E-state index >= 15 is 0 Å². The van der Waals surface area contributed by atoms with Crippen LogP contribution >= 0.6 is 0 Å². The second kappa shape index (κ2) is 16.7. The Hall–Kier alpha value is -3.82. The summed E-state index contributed by atoms with van der Waals surface area (Å²) in [4.78, 5) is 35.0. The lowest BCUT2D eigenvalue weighted by Crippen LogP contribution is -2.27. The highest BCUT2D eigenvalue weighted by Gasteiger charge is 2.24. The van der Waals surface area contributed by atoms with E-state index in [1.54, 1.807) is 32.9 Å². The molecule has 0 bridgehead atoms. The van der Waals surface area contributed by atoms with E-state index in [2.05, 4.69) is 21.3 Å². The highest BCUT2D eigenvalue weighted by Crippen LogP contribution is 2.31. The fourth-order valence-corrected chi connectivity index (χ4v) is 5.64. The van der Waals surface area contributed by atoms with Gasteiger partial charge in [-0.25, -0.2) is 0 Å². The number of nitrogens with two attached hydrogens (primary N) is 1. The summed E-state index contributed by atoms with van der Waals surface area (Å²) in [5.41, 5.74) is 8.50. The molecular formula is C36H56N6O4. The van der Waals surface area contributed by atoms with Crippen molar-refractivity contribution in [3.05, 3.63) is 46.5 Å². The van der Waals surface area contributed by atoms with Crippen LogP contribution in [-0.4, -0.2) is 29.8 Å². The average molecular weight is 637 g/mol. The lowest BCUT2D eigenvalue weighted by Gasteiger charge is -2.23. The zero-order chi connectivity index (χ0) is 33.9. The van der Waals surface area contributed by atoms with Gasteiger partial charge in [0.2, 0.25) is 11.8 Å². The minimum atomic E-state index is -0.549. The van der Waals surface area contributed by atoms with Crippen molar-refractivity contribution in [1.82, 2.24) is 0 Å². The summed E-state index contributed by atoms with van der Waals surface area (Å²) < 4.78 is 0. The molecule has 0 heterocycles. The van der Waals surface area contributed by atoms with Gasteiger partial charge in [-0.15, -0.1) is 0 Å². The Bertz CT molecular complexity index is 1320. The van der Waals surface area contributed by atoms with E-state index in [9.17, 15) is 19.7 Å². The Morgan fingerprint density at radius 2 is 1.13 bits per heavy atom. The van der Waals surface area contributed by atoms with Crippen LogP contribution in [0.25, 0.3) is 0 Å². The van der Waals surface area contributed by atoms with Gasteiger partial charge >= 0.3 is 0 Å². The third-order valence-corrected chi connectivity index (χ3v) is 8.74. The van der Waals surface area contributed by atoms with Gasteiger partial charge in [0.1, 0.15) is 5.69 Å². The predicted octanol–water partition coefficient (Wildman–Crippen LogP) is 8.82. The summed E-state index contributed by atoms with van der Waals surface area (Å²) in [5, 5.41) is 23.7. The molecule has 0 aromatic heterocycles. The number of benzene rings is 2. The van der Waals surface area contributed by atoms with Crippen molar-refractivity contribution in [2.75, 3.05) is 40.1 Å². The summed E-state index contributed by atoms with van der Waals surface area (Å²) >= 11 is 0. The van der Waals surface area contributed by atoms with Gasteiger partial charge in [0.15, 0.2) is 0 Å². The monoisotopic (exact) mass is 636 g/mol. The Labute approximate surface area is 275 Å². The summed E-state index contributed by atoms with van der Waals surface area (Å²) in [6.45, 7) is 12.8. The van der Waals surface area contributed by atoms with E-state index in [1.807, 2.05) is 39.0 Å². The van der Waals surface area contributed by atoms with E-state index in [0.717, 1.165) is 30.4 Å². The smallest absolute Gasteiger partial charge is 0.294 e. The van der Waals surface area contributed by atoms with Crippen LogP contribution in [0.2, 0.25) is 0 Å². The van der Waals surface area contributed by atoms with Crippen molar-refractivity contribution < 1.29 is 14.5 Å². The number of carbonyl (C=O) groups excluding carboxylic acids is 2. The molecule has 10 heteroatoms. The molecule has 2 aromatic carbocycles. The minimum Gasteiger partial charge on any atom is -0.397 e. The molecule has 2 fully saturated rings. The van der Waals surface area contributed by atoms with Crippen molar-refractivity contribution >= 4 is 45.9 Å². The van der Waals surface area contributed by atoms with Gasteiger partial charge in [-0.1, -0.05) is 80.1 Å². The van der Waals surface area contributed by atoms with E-state index < -0.39 is 15.8 Å². The third-order valence-electron chi connectivity index (χ3n) is 8.74. The number of amides is 2. The van der Waals surface area contributed by atoms with E-state index in [0.29, 0.717) is 23.0 Å². The van der Waals surface area contributed by atoms with Crippen molar-refractivity contribution in [2.45, 2.75) is 106 Å². The number of hydrogen-bond acceptors (Lipinski definition) is 7. The summed E-state index contributed by atoms with van der Waals surface area (Å²) in [5.74, 6) is 1.17. The van der Waals surface area contributed by atoms with Crippen LogP contribution in [0.3, 0.4) is 0 Å². The molecule has 2 amide bonds. The number of hydrogen-bond donors (Lipinski definition) is 5. The molecule has 2 saturated carbocycles. The van der Waals surface area contributed by atoms with Crippen molar-refractivity contribution in [1.29, 1.82) is 0 Å². The highest BCUT2D eigenvalue weighted by atomic mass is 16.6. The summed E-state index contributed by atoms with van der Waals surface area (Å²) in [7, 11) is 0. The highest BCUT2D eigenvalue weighted by molar-refractivity contribution is 5.96. The summed E-state index contributed by atoms with van der Waals surface area (Å²) in [6.07, 6.45) is 12.8. The first-order valence-corrected chi connectivity index (χ1v) is 16.9. The second-order valence-corrected chi connectivity index (χ2v) is 15.0. The molecule has 0 saturated heterocycles. The number of carbonyl (C=O) groups is 2. The zero-order valence-corrected chi connectivity index (χ0v) is 28.8.